The number of hydrogen-bond donors (Lipinski definition) is 1. The van der Waals surface area contributed by atoms with Crippen LogP contribution in [-0.4, -0.2) is 4.98 Å². The highest BCUT2D eigenvalue weighted by atomic mass is 19.1. The molecule has 2 rings (SSSR count). The Morgan fingerprint density at radius 3 is 2.78 bits per heavy atom. The van der Waals surface area contributed by atoms with Crippen LogP contribution in [0, 0.1) is 12.7 Å². The third-order valence-electron chi connectivity index (χ3n) is 3.20. The molecule has 0 saturated carbocycles. The summed E-state index contributed by atoms with van der Waals surface area (Å²) < 4.78 is 13.3. The lowest BCUT2D eigenvalue weighted by molar-refractivity contribution is 0.616. The standard InChI is InChI=1S/C15H17FN2/c1-3-11-9-18-7-6-13(11)15(17)12-4-5-14(16)10(2)8-12/h4-9,15H,3,17H2,1-2H3. The molecule has 0 radical (unpaired) electrons. The zero-order chi connectivity index (χ0) is 13.1. The molecule has 0 aliphatic rings. The molecule has 1 atom stereocenters. The first kappa shape index (κ1) is 12.7. The quantitative estimate of drug-likeness (QED) is 0.900. The van der Waals surface area contributed by atoms with Gasteiger partial charge in [0.05, 0.1) is 6.04 Å². The van der Waals surface area contributed by atoms with Crippen molar-refractivity contribution in [2.45, 2.75) is 26.3 Å². The summed E-state index contributed by atoms with van der Waals surface area (Å²) in [5, 5.41) is 0. The fourth-order valence-electron chi connectivity index (χ4n) is 2.08. The van der Waals surface area contributed by atoms with Crippen LogP contribution in [0.4, 0.5) is 4.39 Å². The summed E-state index contributed by atoms with van der Waals surface area (Å²) in [6, 6.07) is 6.72. The Kier molecular flexibility index (Phi) is 3.72. The maximum Gasteiger partial charge on any atom is 0.126 e. The molecule has 0 saturated heterocycles. The SMILES string of the molecule is CCc1cnccc1C(N)c1ccc(F)c(C)c1. The molecular weight excluding hydrogens is 227 g/mol. The summed E-state index contributed by atoms with van der Waals surface area (Å²) in [5.74, 6) is -0.198. The number of rotatable bonds is 3. The van der Waals surface area contributed by atoms with Crippen molar-refractivity contribution in [1.82, 2.24) is 4.98 Å². The molecule has 0 aliphatic carbocycles. The molecule has 18 heavy (non-hydrogen) atoms. The van der Waals surface area contributed by atoms with E-state index in [4.69, 9.17) is 5.73 Å². The van der Waals surface area contributed by atoms with Crippen molar-refractivity contribution >= 4 is 0 Å². The lowest BCUT2D eigenvalue weighted by Crippen LogP contribution is -2.14. The fourth-order valence-corrected chi connectivity index (χ4v) is 2.08. The molecule has 2 nitrogen and oxygen atoms in total. The smallest absolute Gasteiger partial charge is 0.126 e. The van der Waals surface area contributed by atoms with Crippen molar-refractivity contribution in [2.24, 2.45) is 5.73 Å². The molecule has 0 amide bonds. The second-order valence-electron chi connectivity index (χ2n) is 4.41. The van der Waals surface area contributed by atoms with Crippen molar-refractivity contribution in [3.63, 3.8) is 0 Å². The van der Waals surface area contributed by atoms with Gasteiger partial charge in [0.1, 0.15) is 5.82 Å². The van der Waals surface area contributed by atoms with E-state index in [1.165, 1.54) is 6.07 Å². The molecule has 0 bridgehead atoms. The molecule has 2 N–H and O–H groups in total. The van der Waals surface area contributed by atoms with Gasteiger partial charge >= 0.3 is 0 Å². The third kappa shape index (κ3) is 2.41. The minimum Gasteiger partial charge on any atom is -0.320 e. The maximum atomic E-state index is 13.3. The number of hydrogen-bond acceptors (Lipinski definition) is 2. The Labute approximate surface area is 107 Å². The zero-order valence-electron chi connectivity index (χ0n) is 10.7. The van der Waals surface area contributed by atoms with Gasteiger partial charge in [-0.1, -0.05) is 19.1 Å². The molecule has 0 fully saturated rings. The van der Waals surface area contributed by atoms with Crippen LogP contribution in [-0.2, 0) is 6.42 Å². The number of aromatic nitrogens is 1. The van der Waals surface area contributed by atoms with Gasteiger partial charge in [0.15, 0.2) is 0 Å². The van der Waals surface area contributed by atoms with Gasteiger partial charge in [-0.25, -0.2) is 4.39 Å². The maximum absolute atomic E-state index is 13.3. The molecular formula is C15H17FN2. The van der Waals surface area contributed by atoms with Gasteiger partial charge < -0.3 is 5.73 Å². The van der Waals surface area contributed by atoms with E-state index in [1.807, 2.05) is 12.3 Å². The van der Waals surface area contributed by atoms with Crippen LogP contribution in [0.5, 0.6) is 0 Å². The van der Waals surface area contributed by atoms with Crippen molar-refractivity contribution in [2.75, 3.05) is 0 Å². The molecule has 1 aromatic heterocycles. The number of nitrogens with zero attached hydrogens (tertiary/aromatic N) is 1. The molecule has 1 unspecified atom stereocenters. The van der Waals surface area contributed by atoms with E-state index in [0.29, 0.717) is 5.56 Å². The molecule has 3 heteroatoms. The van der Waals surface area contributed by atoms with Crippen LogP contribution in [0.15, 0.2) is 36.7 Å². The van der Waals surface area contributed by atoms with E-state index in [0.717, 1.165) is 23.1 Å². The Morgan fingerprint density at radius 1 is 1.33 bits per heavy atom. The highest BCUT2D eigenvalue weighted by Gasteiger charge is 2.13. The van der Waals surface area contributed by atoms with E-state index >= 15 is 0 Å². The predicted octanol–water partition coefficient (Wildman–Crippen LogP) is 3.14. The van der Waals surface area contributed by atoms with E-state index in [1.54, 1.807) is 25.3 Å². The van der Waals surface area contributed by atoms with Crippen LogP contribution in [0.25, 0.3) is 0 Å². The Bertz CT molecular complexity index is 552. The normalized spacial score (nSPS) is 12.4. The highest BCUT2D eigenvalue weighted by molar-refractivity contribution is 5.37. The van der Waals surface area contributed by atoms with Gasteiger partial charge in [-0.05, 0) is 47.7 Å². The summed E-state index contributed by atoms with van der Waals surface area (Å²) in [4.78, 5) is 4.11. The predicted molar refractivity (Wildman–Crippen MR) is 70.8 cm³/mol. The number of halogens is 1. The van der Waals surface area contributed by atoms with E-state index in [9.17, 15) is 4.39 Å². The molecule has 0 spiro atoms. The molecule has 2 aromatic rings. The summed E-state index contributed by atoms with van der Waals surface area (Å²) in [7, 11) is 0. The lowest BCUT2D eigenvalue weighted by atomic mass is 9.94. The summed E-state index contributed by atoms with van der Waals surface area (Å²) in [6.07, 6.45) is 4.47. The molecule has 1 aromatic carbocycles. The number of nitrogens with two attached hydrogens (primary N) is 1. The largest absolute Gasteiger partial charge is 0.320 e. The number of aryl methyl sites for hydroxylation is 2. The van der Waals surface area contributed by atoms with E-state index in [2.05, 4.69) is 11.9 Å². The van der Waals surface area contributed by atoms with Gasteiger partial charge in [-0.3, -0.25) is 4.98 Å². The third-order valence-corrected chi connectivity index (χ3v) is 3.20. The van der Waals surface area contributed by atoms with Gasteiger partial charge in [-0.15, -0.1) is 0 Å². The van der Waals surface area contributed by atoms with Gasteiger partial charge in [0.25, 0.3) is 0 Å². The van der Waals surface area contributed by atoms with Crippen molar-refractivity contribution in [1.29, 1.82) is 0 Å². The minimum atomic E-state index is -0.234. The van der Waals surface area contributed by atoms with Crippen LogP contribution in [0.1, 0.15) is 35.2 Å². The van der Waals surface area contributed by atoms with E-state index in [-0.39, 0.29) is 11.9 Å². The number of benzene rings is 1. The Morgan fingerprint density at radius 2 is 2.11 bits per heavy atom. The highest BCUT2D eigenvalue weighted by Crippen LogP contribution is 2.24. The molecule has 1 heterocycles. The van der Waals surface area contributed by atoms with Crippen molar-refractivity contribution < 1.29 is 4.39 Å². The van der Waals surface area contributed by atoms with Gasteiger partial charge in [0.2, 0.25) is 0 Å². The van der Waals surface area contributed by atoms with Gasteiger partial charge in [-0.2, -0.15) is 0 Å². The second-order valence-corrected chi connectivity index (χ2v) is 4.41. The lowest BCUT2D eigenvalue weighted by Gasteiger charge is -2.16. The van der Waals surface area contributed by atoms with Crippen LogP contribution >= 0.6 is 0 Å². The minimum absolute atomic E-state index is 0.198. The monoisotopic (exact) mass is 244 g/mol. The van der Waals surface area contributed by atoms with Crippen LogP contribution in [0.2, 0.25) is 0 Å². The first-order valence-corrected chi connectivity index (χ1v) is 6.08. The Balaban J connectivity index is 2.41. The Hall–Kier alpha value is -1.74. The zero-order valence-corrected chi connectivity index (χ0v) is 10.7. The number of pyridine rings is 1. The summed E-state index contributed by atoms with van der Waals surface area (Å²) in [6.45, 7) is 3.82. The van der Waals surface area contributed by atoms with Crippen LogP contribution < -0.4 is 5.73 Å². The molecule has 0 aliphatic heterocycles. The average molecular weight is 244 g/mol. The van der Waals surface area contributed by atoms with Crippen molar-refractivity contribution in [3.8, 4) is 0 Å². The van der Waals surface area contributed by atoms with Crippen LogP contribution in [0.3, 0.4) is 0 Å². The van der Waals surface area contributed by atoms with E-state index < -0.39 is 0 Å². The van der Waals surface area contributed by atoms with Crippen molar-refractivity contribution in [3.05, 3.63) is 64.7 Å². The fraction of sp³-hybridized carbons (Fsp3) is 0.267. The summed E-state index contributed by atoms with van der Waals surface area (Å²) in [5.41, 5.74) is 9.99. The summed E-state index contributed by atoms with van der Waals surface area (Å²) >= 11 is 0. The first-order chi connectivity index (χ1) is 8.63. The second kappa shape index (κ2) is 5.27. The first-order valence-electron chi connectivity index (χ1n) is 6.08. The topological polar surface area (TPSA) is 38.9 Å². The molecule has 94 valence electrons. The average Bonchev–Trinajstić information content (AvgIpc) is 2.41. The van der Waals surface area contributed by atoms with Gasteiger partial charge in [0, 0.05) is 12.4 Å².